The maximum atomic E-state index is 13.7. The van der Waals surface area contributed by atoms with Crippen LogP contribution in [-0.4, -0.2) is 48.3 Å². The Labute approximate surface area is 207 Å². The molecule has 0 spiro atoms. The number of amides is 1. The molecule has 1 aliphatic carbocycles. The van der Waals surface area contributed by atoms with Crippen molar-refractivity contribution in [3.05, 3.63) is 70.5 Å². The van der Waals surface area contributed by atoms with Crippen LogP contribution in [0.15, 0.2) is 54.9 Å². The quantitative estimate of drug-likeness (QED) is 0.482. The average Bonchev–Trinajstić information content (AvgIpc) is 3.70. The van der Waals surface area contributed by atoms with Gasteiger partial charge in [0.15, 0.2) is 0 Å². The lowest BCUT2D eigenvalue weighted by molar-refractivity contribution is 0.0984. The number of aliphatic hydroxyl groups is 1. The molecule has 0 atom stereocenters. The number of hydrogen-bond donors (Lipinski definition) is 1. The van der Waals surface area contributed by atoms with Gasteiger partial charge in [-0.05, 0) is 31.0 Å². The number of pyridine rings is 1. The van der Waals surface area contributed by atoms with Crippen LogP contribution < -0.4 is 19.3 Å². The third kappa shape index (κ3) is 4.51. The number of ether oxygens (including phenoxy) is 2. The van der Waals surface area contributed by atoms with Gasteiger partial charge in [0, 0.05) is 43.7 Å². The summed E-state index contributed by atoms with van der Waals surface area (Å²) in [6.45, 7) is 1.30. The molecular weight excluding hydrogens is 477 g/mol. The predicted octanol–water partition coefficient (Wildman–Crippen LogP) is 5.18. The van der Waals surface area contributed by atoms with Gasteiger partial charge in [0.2, 0.25) is 0 Å². The molecule has 2 aliphatic rings. The van der Waals surface area contributed by atoms with Gasteiger partial charge >= 0.3 is 0 Å². The Morgan fingerprint density at radius 1 is 1.03 bits per heavy atom. The third-order valence-electron chi connectivity index (χ3n) is 5.85. The molecule has 0 radical (unpaired) electrons. The maximum absolute atomic E-state index is 13.7. The zero-order chi connectivity index (χ0) is 23.7. The summed E-state index contributed by atoms with van der Waals surface area (Å²) >= 11 is 12.7. The number of anilines is 2. The smallest absolute Gasteiger partial charge is 0.263 e. The van der Waals surface area contributed by atoms with Crippen LogP contribution in [0.3, 0.4) is 0 Å². The molecule has 1 saturated carbocycles. The highest BCUT2D eigenvalue weighted by atomic mass is 35.5. The Hall–Kier alpha value is -3.00. The van der Waals surface area contributed by atoms with Gasteiger partial charge in [-0.2, -0.15) is 0 Å². The number of carbonyl (C=O) groups is 1. The van der Waals surface area contributed by atoms with Gasteiger partial charge in [-0.1, -0.05) is 35.3 Å². The van der Waals surface area contributed by atoms with Gasteiger partial charge in [-0.3, -0.25) is 9.78 Å². The monoisotopic (exact) mass is 499 g/mol. The lowest BCUT2D eigenvalue weighted by atomic mass is 10.1. The fourth-order valence-corrected chi connectivity index (χ4v) is 4.51. The number of rotatable bonds is 7. The Morgan fingerprint density at radius 3 is 2.53 bits per heavy atom. The lowest BCUT2D eigenvalue weighted by Crippen LogP contribution is -2.45. The first-order valence-electron chi connectivity index (χ1n) is 11.1. The van der Waals surface area contributed by atoms with E-state index in [1.807, 2.05) is 18.2 Å². The van der Waals surface area contributed by atoms with Crippen molar-refractivity contribution in [3.63, 3.8) is 0 Å². The SMILES string of the molecule is O=C(c1cnccc1Oc1cc(Cl)c(OCCO)cc1Cl)N1CCN(C2CC2)c2ccccc21. The summed E-state index contributed by atoms with van der Waals surface area (Å²) in [5.74, 6) is 0.742. The van der Waals surface area contributed by atoms with E-state index in [2.05, 4.69) is 16.0 Å². The van der Waals surface area contributed by atoms with Gasteiger partial charge in [0.05, 0.1) is 28.0 Å². The minimum Gasteiger partial charge on any atom is -0.490 e. The Kier molecular flexibility index (Phi) is 6.50. The topological polar surface area (TPSA) is 75.1 Å². The average molecular weight is 500 g/mol. The zero-order valence-electron chi connectivity index (χ0n) is 18.3. The van der Waals surface area contributed by atoms with Crippen LogP contribution in [0.5, 0.6) is 17.2 Å². The first-order chi connectivity index (χ1) is 16.6. The number of nitrogens with zero attached hydrogens (tertiary/aromatic N) is 3. The van der Waals surface area contributed by atoms with Gasteiger partial charge in [-0.15, -0.1) is 0 Å². The number of benzene rings is 2. The van der Waals surface area contributed by atoms with Crippen molar-refractivity contribution in [2.24, 2.45) is 0 Å². The zero-order valence-corrected chi connectivity index (χ0v) is 19.8. The first-order valence-corrected chi connectivity index (χ1v) is 11.8. The summed E-state index contributed by atoms with van der Waals surface area (Å²) in [5.41, 5.74) is 2.28. The van der Waals surface area contributed by atoms with Crippen LogP contribution in [0.2, 0.25) is 10.0 Å². The predicted molar refractivity (Wildman–Crippen MR) is 132 cm³/mol. The molecular formula is C25H23Cl2N3O4. The molecule has 2 aromatic carbocycles. The van der Waals surface area contributed by atoms with E-state index in [0.29, 0.717) is 29.6 Å². The number of hydrogen-bond acceptors (Lipinski definition) is 6. The van der Waals surface area contributed by atoms with Crippen LogP contribution in [0.25, 0.3) is 0 Å². The highest BCUT2D eigenvalue weighted by molar-refractivity contribution is 6.35. The largest absolute Gasteiger partial charge is 0.490 e. The molecule has 0 unspecified atom stereocenters. The molecule has 1 aromatic heterocycles. The molecule has 1 amide bonds. The summed E-state index contributed by atoms with van der Waals surface area (Å²) in [6, 6.07) is 13.2. The molecule has 1 N–H and O–H groups in total. The highest BCUT2D eigenvalue weighted by Crippen LogP contribution is 2.42. The second-order valence-electron chi connectivity index (χ2n) is 8.13. The Balaban J connectivity index is 1.43. The van der Waals surface area contributed by atoms with Crippen molar-refractivity contribution >= 4 is 40.5 Å². The Bertz CT molecular complexity index is 1220. The molecule has 7 nitrogen and oxygen atoms in total. The number of aromatic nitrogens is 1. The third-order valence-corrected chi connectivity index (χ3v) is 6.44. The van der Waals surface area contributed by atoms with E-state index in [1.54, 1.807) is 17.2 Å². The highest BCUT2D eigenvalue weighted by Gasteiger charge is 2.36. The number of carbonyl (C=O) groups excluding carboxylic acids is 1. The number of halogens is 2. The number of para-hydroxylation sites is 2. The van der Waals surface area contributed by atoms with E-state index in [-0.39, 0.29) is 34.9 Å². The molecule has 34 heavy (non-hydrogen) atoms. The summed E-state index contributed by atoms with van der Waals surface area (Å²) in [4.78, 5) is 22.0. The van der Waals surface area contributed by atoms with E-state index in [4.69, 9.17) is 37.8 Å². The summed E-state index contributed by atoms with van der Waals surface area (Å²) in [7, 11) is 0. The molecule has 2 heterocycles. The number of fused-ring (bicyclic) bond motifs is 1. The first kappa shape index (κ1) is 22.8. The van der Waals surface area contributed by atoms with Gasteiger partial charge in [0.1, 0.15) is 29.4 Å². The molecule has 5 rings (SSSR count). The summed E-state index contributed by atoms with van der Waals surface area (Å²) < 4.78 is 11.4. The fraction of sp³-hybridized carbons (Fsp3) is 0.280. The van der Waals surface area contributed by atoms with Gasteiger partial charge in [-0.25, -0.2) is 0 Å². The summed E-state index contributed by atoms with van der Waals surface area (Å²) in [5, 5.41) is 9.50. The second-order valence-corrected chi connectivity index (χ2v) is 8.94. The van der Waals surface area contributed by atoms with Crippen LogP contribution in [-0.2, 0) is 0 Å². The second kappa shape index (κ2) is 9.70. The van der Waals surface area contributed by atoms with Crippen molar-refractivity contribution in [1.82, 2.24) is 4.98 Å². The molecule has 3 aromatic rings. The maximum Gasteiger partial charge on any atom is 0.263 e. The normalized spacial score (nSPS) is 15.1. The van der Waals surface area contributed by atoms with Crippen LogP contribution in [0, 0.1) is 0 Å². The summed E-state index contributed by atoms with van der Waals surface area (Å²) in [6.07, 6.45) is 5.44. The van der Waals surface area contributed by atoms with E-state index < -0.39 is 0 Å². The molecule has 176 valence electrons. The standard InChI is InChI=1S/C25H23Cl2N3O4/c26-18-14-24(19(27)13-23(18)33-12-11-31)34-22-7-8-28-15-17(22)25(32)30-10-9-29(16-5-6-16)20-3-1-2-4-21(20)30/h1-4,7-8,13-16,31H,5-6,9-12H2. The minimum atomic E-state index is -0.198. The van der Waals surface area contributed by atoms with Crippen molar-refractivity contribution in [1.29, 1.82) is 0 Å². The van der Waals surface area contributed by atoms with Crippen LogP contribution in [0.4, 0.5) is 11.4 Å². The molecule has 0 saturated heterocycles. The van der Waals surface area contributed by atoms with Crippen molar-refractivity contribution < 1.29 is 19.4 Å². The minimum absolute atomic E-state index is 0.0920. The van der Waals surface area contributed by atoms with Crippen molar-refractivity contribution in [3.8, 4) is 17.2 Å². The van der Waals surface area contributed by atoms with Gasteiger partial charge < -0.3 is 24.4 Å². The van der Waals surface area contributed by atoms with E-state index in [0.717, 1.165) is 17.9 Å². The molecule has 0 bridgehead atoms. The molecule has 1 aliphatic heterocycles. The number of aliphatic hydroxyl groups excluding tert-OH is 1. The van der Waals surface area contributed by atoms with Crippen LogP contribution in [0.1, 0.15) is 23.2 Å². The lowest BCUT2D eigenvalue weighted by Gasteiger charge is -2.38. The van der Waals surface area contributed by atoms with Crippen molar-refractivity contribution in [2.45, 2.75) is 18.9 Å². The van der Waals surface area contributed by atoms with E-state index >= 15 is 0 Å². The van der Waals surface area contributed by atoms with E-state index in [1.165, 1.54) is 31.2 Å². The van der Waals surface area contributed by atoms with Crippen molar-refractivity contribution in [2.75, 3.05) is 36.1 Å². The van der Waals surface area contributed by atoms with Crippen LogP contribution >= 0.6 is 23.2 Å². The van der Waals surface area contributed by atoms with Gasteiger partial charge in [0.25, 0.3) is 5.91 Å². The Morgan fingerprint density at radius 2 is 1.76 bits per heavy atom. The molecule has 1 fully saturated rings. The molecule has 9 heteroatoms. The fourth-order valence-electron chi connectivity index (χ4n) is 4.11. The van der Waals surface area contributed by atoms with E-state index in [9.17, 15) is 4.79 Å².